The summed E-state index contributed by atoms with van der Waals surface area (Å²) in [7, 11) is 0. The predicted molar refractivity (Wildman–Crippen MR) is 75.5 cm³/mol. The van der Waals surface area contributed by atoms with E-state index in [9.17, 15) is 4.79 Å². The van der Waals surface area contributed by atoms with Crippen LogP contribution in [0.25, 0.3) is 0 Å². The molecule has 100 valence electrons. The summed E-state index contributed by atoms with van der Waals surface area (Å²) in [6.45, 7) is 4.02. The molecule has 2 unspecified atom stereocenters. The average Bonchev–Trinajstić information content (AvgIpc) is 2.37. The molecule has 3 nitrogen and oxygen atoms in total. The van der Waals surface area contributed by atoms with E-state index >= 15 is 0 Å². The van der Waals surface area contributed by atoms with Crippen LogP contribution in [0, 0.1) is 0 Å². The predicted octanol–water partition coefficient (Wildman–Crippen LogP) is 3.03. The molecule has 1 aromatic carbocycles. The molecule has 0 aliphatic carbocycles. The van der Waals surface area contributed by atoms with Crippen LogP contribution in [0.4, 0.5) is 0 Å². The zero-order chi connectivity index (χ0) is 13.5. The standard InChI is InChI=1S/C14H21ClN2O/c1-3-12(16)9-14(18)17-13(4-2)10-5-7-11(15)8-6-10/h5-8,12-13H,3-4,9,16H2,1-2H3,(H,17,18). The number of nitrogens with two attached hydrogens (primary N) is 1. The van der Waals surface area contributed by atoms with E-state index in [1.54, 1.807) is 0 Å². The molecule has 0 bridgehead atoms. The molecule has 0 radical (unpaired) electrons. The molecule has 0 aromatic heterocycles. The largest absolute Gasteiger partial charge is 0.349 e. The minimum atomic E-state index is -0.0623. The van der Waals surface area contributed by atoms with Crippen LogP contribution in [0.5, 0.6) is 0 Å². The third-order valence-electron chi connectivity index (χ3n) is 2.99. The second kappa shape index (κ2) is 7.39. The van der Waals surface area contributed by atoms with Crippen LogP contribution < -0.4 is 11.1 Å². The fourth-order valence-corrected chi connectivity index (χ4v) is 1.88. The minimum Gasteiger partial charge on any atom is -0.349 e. The van der Waals surface area contributed by atoms with Gasteiger partial charge in [0.15, 0.2) is 0 Å². The summed E-state index contributed by atoms with van der Waals surface area (Å²) in [5, 5.41) is 3.71. The number of nitrogens with one attached hydrogen (secondary N) is 1. The Labute approximate surface area is 114 Å². The van der Waals surface area contributed by atoms with Crippen LogP contribution in [-0.4, -0.2) is 11.9 Å². The van der Waals surface area contributed by atoms with E-state index < -0.39 is 0 Å². The summed E-state index contributed by atoms with van der Waals surface area (Å²) in [6, 6.07) is 7.52. The molecule has 2 atom stereocenters. The summed E-state index contributed by atoms with van der Waals surface area (Å²) in [5.41, 5.74) is 6.84. The van der Waals surface area contributed by atoms with E-state index in [1.165, 1.54) is 0 Å². The smallest absolute Gasteiger partial charge is 0.222 e. The number of benzene rings is 1. The molecule has 1 rings (SSSR count). The van der Waals surface area contributed by atoms with Crippen LogP contribution >= 0.6 is 11.6 Å². The van der Waals surface area contributed by atoms with Gasteiger partial charge in [-0.25, -0.2) is 0 Å². The first kappa shape index (κ1) is 15.0. The molecule has 1 aromatic rings. The Morgan fingerprint density at radius 1 is 1.28 bits per heavy atom. The Morgan fingerprint density at radius 3 is 2.39 bits per heavy atom. The lowest BCUT2D eigenvalue weighted by Crippen LogP contribution is -2.33. The summed E-state index contributed by atoms with van der Waals surface area (Å²) in [6.07, 6.45) is 2.03. The van der Waals surface area contributed by atoms with Crippen molar-refractivity contribution >= 4 is 17.5 Å². The van der Waals surface area contributed by atoms with Gasteiger partial charge in [-0.3, -0.25) is 4.79 Å². The van der Waals surface area contributed by atoms with E-state index in [-0.39, 0.29) is 18.0 Å². The first-order valence-electron chi connectivity index (χ1n) is 6.37. The Hall–Kier alpha value is -1.06. The van der Waals surface area contributed by atoms with Crippen LogP contribution in [0.1, 0.15) is 44.7 Å². The maximum absolute atomic E-state index is 11.8. The normalized spacial score (nSPS) is 14.0. The molecule has 18 heavy (non-hydrogen) atoms. The Bertz CT molecular complexity index is 378. The van der Waals surface area contributed by atoms with Crippen molar-refractivity contribution in [3.05, 3.63) is 34.9 Å². The summed E-state index contributed by atoms with van der Waals surface area (Å²) >= 11 is 5.85. The first-order valence-corrected chi connectivity index (χ1v) is 6.75. The van der Waals surface area contributed by atoms with Gasteiger partial charge in [0.1, 0.15) is 0 Å². The van der Waals surface area contributed by atoms with Gasteiger partial charge < -0.3 is 11.1 Å². The van der Waals surface area contributed by atoms with Crippen molar-refractivity contribution in [1.82, 2.24) is 5.32 Å². The number of carbonyl (C=O) groups is 1. The van der Waals surface area contributed by atoms with Gasteiger partial charge in [0.2, 0.25) is 5.91 Å². The summed E-state index contributed by atoms with van der Waals surface area (Å²) in [5.74, 6) is 0.00569. The SMILES string of the molecule is CCC(N)CC(=O)NC(CC)c1ccc(Cl)cc1. The van der Waals surface area contributed by atoms with Crippen molar-refractivity contribution in [1.29, 1.82) is 0 Å². The maximum Gasteiger partial charge on any atom is 0.222 e. The lowest BCUT2D eigenvalue weighted by molar-refractivity contribution is -0.122. The molecule has 0 spiro atoms. The topological polar surface area (TPSA) is 55.1 Å². The molecule has 0 aliphatic heterocycles. The highest BCUT2D eigenvalue weighted by atomic mass is 35.5. The Morgan fingerprint density at radius 2 is 1.89 bits per heavy atom. The highest BCUT2D eigenvalue weighted by molar-refractivity contribution is 6.30. The van der Waals surface area contributed by atoms with Gasteiger partial charge in [-0.2, -0.15) is 0 Å². The third kappa shape index (κ3) is 4.67. The van der Waals surface area contributed by atoms with E-state index in [2.05, 4.69) is 5.32 Å². The van der Waals surface area contributed by atoms with Crippen molar-refractivity contribution in [2.75, 3.05) is 0 Å². The Balaban J connectivity index is 2.61. The minimum absolute atomic E-state index is 0.00569. The van der Waals surface area contributed by atoms with Crippen LogP contribution in [-0.2, 0) is 4.79 Å². The molecule has 0 saturated carbocycles. The second-order valence-electron chi connectivity index (χ2n) is 4.45. The monoisotopic (exact) mass is 268 g/mol. The molecule has 0 aliphatic rings. The molecule has 0 saturated heterocycles. The second-order valence-corrected chi connectivity index (χ2v) is 4.89. The highest BCUT2D eigenvalue weighted by Crippen LogP contribution is 2.19. The number of carbonyl (C=O) groups excluding carboxylic acids is 1. The Kier molecular flexibility index (Phi) is 6.16. The molecule has 0 heterocycles. The zero-order valence-corrected chi connectivity index (χ0v) is 11.7. The van der Waals surface area contributed by atoms with E-state index in [0.29, 0.717) is 11.4 Å². The van der Waals surface area contributed by atoms with Crippen molar-refractivity contribution in [3.8, 4) is 0 Å². The number of hydrogen-bond acceptors (Lipinski definition) is 2. The molecule has 3 N–H and O–H groups in total. The van der Waals surface area contributed by atoms with E-state index in [1.807, 2.05) is 38.1 Å². The molecular weight excluding hydrogens is 248 g/mol. The summed E-state index contributed by atoms with van der Waals surface area (Å²) < 4.78 is 0. The number of rotatable bonds is 6. The van der Waals surface area contributed by atoms with Crippen molar-refractivity contribution in [2.24, 2.45) is 5.73 Å². The van der Waals surface area contributed by atoms with Crippen molar-refractivity contribution < 1.29 is 4.79 Å². The average molecular weight is 269 g/mol. The van der Waals surface area contributed by atoms with Gasteiger partial charge in [0.25, 0.3) is 0 Å². The van der Waals surface area contributed by atoms with Gasteiger partial charge in [0.05, 0.1) is 6.04 Å². The lowest BCUT2D eigenvalue weighted by atomic mass is 10.0. The quantitative estimate of drug-likeness (QED) is 0.833. The van der Waals surface area contributed by atoms with Crippen LogP contribution in [0.2, 0.25) is 5.02 Å². The van der Waals surface area contributed by atoms with E-state index in [0.717, 1.165) is 18.4 Å². The van der Waals surface area contributed by atoms with E-state index in [4.69, 9.17) is 17.3 Å². The van der Waals surface area contributed by atoms with Crippen molar-refractivity contribution in [2.45, 2.75) is 45.2 Å². The lowest BCUT2D eigenvalue weighted by Gasteiger charge is -2.18. The number of amides is 1. The summed E-state index contributed by atoms with van der Waals surface area (Å²) in [4.78, 5) is 11.8. The third-order valence-corrected chi connectivity index (χ3v) is 3.24. The van der Waals surface area contributed by atoms with Gasteiger partial charge >= 0.3 is 0 Å². The van der Waals surface area contributed by atoms with Crippen molar-refractivity contribution in [3.63, 3.8) is 0 Å². The van der Waals surface area contributed by atoms with Gasteiger partial charge in [-0.05, 0) is 30.5 Å². The number of halogens is 1. The van der Waals surface area contributed by atoms with Gasteiger partial charge in [-0.1, -0.05) is 37.6 Å². The van der Waals surface area contributed by atoms with Gasteiger partial charge in [0, 0.05) is 17.5 Å². The van der Waals surface area contributed by atoms with Crippen LogP contribution in [0.15, 0.2) is 24.3 Å². The zero-order valence-electron chi connectivity index (χ0n) is 10.9. The molecule has 1 amide bonds. The molecule has 4 heteroatoms. The fraction of sp³-hybridized carbons (Fsp3) is 0.500. The maximum atomic E-state index is 11.8. The van der Waals surface area contributed by atoms with Gasteiger partial charge in [-0.15, -0.1) is 0 Å². The highest BCUT2D eigenvalue weighted by Gasteiger charge is 2.14. The van der Waals surface area contributed by atoms with Crippen LogP contribution in [0.3, 0.4) is 0 Å². The molecule has 0 fully saturated rings. The molecular formula is C14H21ClN2O. The fourth-order valence-electron chi connectivity index (χ4n) is 1.75. The first-order chi connectivity index (χ1) is 8.56. The number of hydrogen-bond donors (Lipinski definition) is 2.